The summed E-state index contributed by atoms with van der Waals surface area (Å²) in [4.78, 5) is 14.2. The number of rotatable bonds is 8. The van der Waals surface area contributed by atoms with Gasteiger partial charge in [-0.3, -0.25) is 14.2 Å². The molecule has 1 amide bonds. The Labute approximate surface area is 182 Å². The van der Waals surface area contributed by atoms with Gasteiger partial charge in [-0.05, 0) is 17.2 Å². The van der Waals surface area contributed by atoms with Crippen LogP contribution in [0.5, 0.6) is 0 Å². The highest BCUT2D eigenvalue weighted by Gasteiger charge is 2.08. The van der Waals surface area contributed by atoms with Crippen LogP contribution in [-0.4, -0.2) is 37.4 Å². The zero-order chi connectivity index (χ0) is 21.5. The highest BCUT2D eigenvalue weighted by atomic mass is 16.2. The molecule has 0 aliphatic carbocycles. The Balaban J connectivity index is 1.30. The van der Waals surface area contributed by atoms with Crippen LogP contribution in [-0.2, 0) is 24.4 Å². The third kappa shape index (κ3) is 5.79. The summed E-state index contributed by atoms with van der Waals surface area (Å²) >= 11 is 0. The highest BCUT2D eigenvalue weighted by Crippen LogP contribution is 2.08. The van der Waals surface area contributed by atoms with Crippen molar-refractivity contribution in [2.45, 2.75) is 19.6 Å². The highest BCUT2D eigenvalue weighted by molar-refractivity contribution is 5.91. The topological polar surface area (TPSA) is 56.0 Å². The molecule has 0 spiro atoms. The van der Waals surface area contributed by atoms with E-state index >= 15 is 0 Å². The maximum atomic E-state index is 12.5. The van der Waals surface area contributed by atoms with Crippen LogP contribution in [0.25, 0.3) is 6.08 Å². The quantitative estimate of drug-likeness (QED) is 0.414. The van der Waals surface area contributed by atoms with Crippen LogP contribution in [0.15, 0.2) is 91.5 Å². The fraction of sp³-hybridized carbons (Fsp3) is 0.160. The molecule has 4 rings (SSSR count). The fourth-order valence-electron chi connectivity index (χ4n) is 3.31. The lowest BCUT2D eigenvalue weighted by Gasteiger charge is -2.13. The van der Waals surface area contributed by atoms with Gasteiger partial charge in [0.05, 0.1) is 25.5 Å². The van der Waals surface area contributed by atoms with Crippen molar-refractivity contribution in [1.29, 1.82) is 0 Å². The van der Waals surface area contributed by atoms with Gasteiger partial charge >= 0.3 is 0 Å². The van der Waals surface area contributed by atoms with E-state index in [9.17, 15) is 4.79 Å². The summed E-state index contributed by atoms with van der Waals surface area (Å²) in [7, 11) is 1.79. The molecule has 6 nitrogen and oxygen atoms in total. The summed E-state index contributed by atoms with van der Waals surface area (Å²) in [5.41, 5.74) is 4.27. The Morgan fingerprint density at radius 3 is 2.06 bits per heavy atom. The predicted molar refractivity (Wildman–Crippen MR) is 121 cm³/mol. The van der Waals surface area contributed by atoms with Gasteiger partial charge in [0.15, 0.2) is 0 Å². The standard InChI is InChI=1S/C25H25N5O/c1-28(16-24-15-27-30(20-24)18-22-10-6-3-7-11-22)25(31)13-12-23-14-26-29(19-23)17-21-8-4-2-5-9-21/h2-15,19-20H,16-18H2,1H3/b13-12+. The largest absolute Gasteiger partial charge is 0.338 e. The molecule has 0 radical (unpaired) electrons. The lowest BCUT2D eigenvalue weighted by molar-refractivity contribution is -0.125. The van der Waals surface area contributed by atoms with Crippen LogP contribution < -0.4 is 0 Å². The number of aromatic nitrogens is 4. The number of carbonyl (C=O) groups is 1. The van der Waals surface area contributed by atoms with Crippen molar-refractivity contribution in [2.24, 2.45) is 0 Å². The summed E-state index contributed by atoms with van der Waals surface area (Å²) in [6.07, 6.45) is 10.9. The normalized spacial score (nSPS) is 11.1. The predicted octanol–water partition coefficient (Wildman–Crippen LogP) is 3.85. The van der Waals surface area contributed by atoms with Crippen molar-refractivity contribution in [3.63, 3.8) is 0 Å². The third-order valence-corrected chi connectivity index (χ3v) is 4.93. The Hall–Kier alpha value is -3.93. The van der Waals surface area contributed by atoms with Crippen LogP contribution in [0.2, 0.25) is 0 Å². The number of nitrogens with zero attached hydrogens (tertiary/aromatic N) is 5. The smallest absolute Gasteiger partial charge is 0.246 e. The molecule has 0 atom stereocenters. The van der Waals surface area contributed by atoms with Gasteiger partial charge in [-0.15, -0.1) is 0 Å². The van der Waals surface area contributed by atoms with Gasteiger partial charge in [0, 0.05) is 43.2 Å². The van der Waals surface area contributed by atoms with E-state index in [1.165, 1.54) is 11.1 Å². The second kappa shape index (κ2) is 9.71. The molecule has 0 unspecified atom stereocenters. The van der Waals surface area contributed by atoms with Gasteiger partial charge in [-0.25, -0.2) is 0 Å². The molecule has 0 aliphatic heterocycles. The number of hydrogen-bond donors (Lipinski definition) is 0. The minimum absolute atomic E-state index is 0.0633. The molecule has 0 aliphatic rings. The van der Waals surface area contributed by atoms with Crippen molar-refractivity contribution in [3.05, 3.63) is 114 Å². The molecule has 2 aromatic heterocycles. The maximum absolute atomic E-state index is 12.5. The van der Waals surface area contributed by atoms with Crippen molar-refractivity contribution in [2.75, 3.05) is 7.05 Å². The number of amides is 1. The lowest BCUT2D eigenvalue weighted by atomic mass is 10.2. The van der Waals surface area contributed by atoms with Crippen LogP contribution in [0.4, 0.5) is 0 Å². The lowest BCUT2D eigenvalue weighted by Crippen LogP contribution is -2.23. The molecular weight excluding hydrogens is 386 g/mol. The van der Waals surface area contributed by atoms with E-state index in [0.717, 1.165) is 11.1 Å². The Kier molecular flexibility index (Phi) is 6.38. The first-order chi connectivity index (χ1) is 15.2. The molecule has 31 heavy (non-hydrogen) atoms. The third-order valence-electron chi connectivity index (χ3n) is 4.93. The van der Waals surface area contributed by atoms with Crippen molar-refractivity contribution in [1.82, 2.24) is 24.5 Å². The molecule has 0 N–H and O–H groups in total. The molecule has 0 fully saturated rings. The van der Waals surface area contributed by atoms with Crippen molar-refractivity contribution in [3.8, 4) is 0 Å². The van der Waals surface area contributed by atoms with E-state index in [2.05, 4.69) is 34.5 Å². The first-order valence-electron chi connectivity index (χ1n) is 10.2. The van der Waals surface area contributed by atoms with E-state index in [4.69, 9.17) is 0 Å². The molecule has 0 saturated carbocycles. The summed E-state index contributed by atoms with van der Waals surface area (Å²) in [5.74, 6) is -0.0633. The van der Waals surface area contributed by atoms with E-state index in [1.807, 2.05) is 64.4 Å². The monoisotopic (exact) mass is 411 g/mol. The zero-order valence-corrected chi connectivity index (χ0v) is 17.5. The number of hydrogen-bond acceptors (Lipinski definition) is 3. The van der Waals surface area contributed by atoms with E-state index < -0.39 is 0 Å². The van der Waals surface area contributed by atoms with Gasteiger partial charge < -0.3 is 4.90 Å². The number of benzene rings is 2. The van der Waals surface area contributed by atoms with E-state index in [1.54, 1.807) is 30.3 Å². The minimum Gasteiger partial charge on any atom is -0.338 e. The fourth-order valence-corrected chi connectivity index (χ4v) is 3.31. The molecule has 156 valence electrons. The Bertz CT molecular complexity index is 1140. The molecule has 2 heterocycles. The van der Waals surface area contributed by atoms with E-state index in [0.29, 0.717) is 19.6 Å². The summed E-state index contributed by atoms with van der Waals surface area (Å²) in [6.45, 7) is 1.92. The Morgan fingerprint density at radius 2 is 1.42 bits per heavy atom. The second-order valence-electron chi connectivity index (χ2n) is 7.52. The van der Waals surface area contributed by atoms with Gasteiger partial charge in [0.25, 0.3) is 0 Å². The second-order valence-corrected chi connectivity index (χ2v) is 7.52. The average Bonchev–Trinajstić information content (AvgIpc) is 3.42. The van der Waals surface area contributed by atoms with Gasteiger partial charge in [0.1, 0.15) is 0 Å². The first kappa shape index (κ1) is 20.3. The average molecular weight is 412 g/mol. The van der Waals surface area contributed by atoms with Crippen LogP contribution in [0.1, 0.15) is 22.3 Å². The van der Waals surface area contributed by atoms with Gasteiger partial charge in [-0.1, -0.05) is 60.7 Å². The van der Waals surface area contributed by atoms with E-state index in [-0.39, 0.29) is 5.91 Å². The van der Waals surface area contributed by atoms with Crippen molar-refractivity contribution < 1.29 is 4.79 Å². The molecule has 4 aromatic rings. The molecule has 0 bridgehead atoms. The summed E-state index contributed by atoms with van der Waals surface area (Å²) < 4.78 is 3.75. The number of likely N-dealkylation sites (N-methyl/N-ethyl adjacent to an activating group) is 1. The van der Waals surface area contributed by atoms with Crippen LogP contribution in [0, 0.1) is 0 Å². The van der Waals surface area contributed by atoms with Gasteiger partial charge in [0.2, 0.25) is 5.91 Å². The molecular formula is C25H25N5O. The van der Waals surface area contributed by atoms with Crippen molar-refractivity contribution >= 4 is 12.0 Å². The van der Waals surface area contributed by atoms with Crippen LogP contribution >= 0.6 is 0 Å². The SMILES string of the molecule is CN(Cc1cnn(Cc2ccccc2)c1)C(=O)/C=C/c1cnn(Cc2ccccc2)c1. The zero-order valence-electron chi connectivity index (χ0n) is 17.5. The van der Waals surface area contributed by atoms with Crippen LogP contribution in [0.3, 0.4) is 0 Å². The molecule has 0 saturated heterocycles. The molecule has 6 heteroatoms. The molecule has 2 aromatic carbocycles. The first-order valence-corrected chi connectivity index (χ1v) is 10.2. The summed E-state index contributed by atoms with van der Waals surface area (Å²) in [5, 5.41) is 8.77. The number of carbonyl (C=O) groups excluding carboxylic acids is 1. The minimum atomic E-state index is -0.0633. The summed E-state index contributed by atoms with van der Waals surface area (Å²) in [6, 6.07) is 20.3. The maximum Gasteiger partial charge on any atom is 0.246 e. The van der Waals surface area contributed by atoms with Gasteiger partial charge in [-0.2, -0.15) is 10.2 Å². The Morgan fingerprint density at radius 1 is 0.839 bits per heavy atom.